The lowest BCUT2D eigenvalue weighted by atomic mass is 9.97. The Labute approximate surface area is 202 Å². The molecule has 2 unspecified atom stereocenters. The molecule has 176 valence electrons. The van der Waals surface area contributed by atoms with Crippen molar-refractivity contribution in [2.45, 2.75) is 59.3 Å². The largest absolute Gasteiger partial charge is 0.361 e. The molecule has 4 aromatic heterocycles. The predicted molar refractivity (Wildman–Crippen MR) is 142 cm³/mol. The van der Waals surface area contributed by atoms with Crippen molar-refractivity contribution in [1.82, 2.24) is 19.9 Å². The molecule has 0 saturated heterocycles. The van der Waals surface area contributed by atoms with E-state index in [1.54, 1.807) is 0 Å². The molecule has 0 aliphatic rings. The zero-order chi connectivity index (χ0) is 24.2. The molecule has 0 spiro atoms. The number of allylic oxidation sites excluding steroid dienone is 1. The van der Waals surface area contributed by atoms with Gasteiger partial charge in [0.15, 0.2) is 0 Å². The first-order chi connectivity index (χ1) is 16.3. The van der Waals surface area contributed by atoms with Crippen molar-refractivity contribution in [1.29, 1.82) is 0 Å². The van der Waals surface area contributed by atoms with Crippen LogP contribution in [0.2, 0.25) is 0 Å². The number of aliphatic imine (C=N–C) groups is 1. The van der Waals surface area contributed by atoms with E-state index in [4.69, 9.17) is 4.98 Å². The van der Waals surface area contributed by atoms with Crippen LogP contribution < -0.4 is 0 Å². The summed E-state index contributed by atoms with van der Waals surface area (Å²) in [5, 5.41) is 1.20. The molecule has 0 aromatic carbocycles. The van der Waals surface area contributed by atoms with Crippen LogP contribution >= 0.6 is 0 Å². The van der Waals surface area contributed by atoms with Crippen LogP contribution in [0, 0.1) is 12.8 Å². The van der Waals surface area contributed by atoms with Crippen molar-refractivity contribution in [3.8, 4) is 0 Å². The van der Waals surface area contributed by atoms with Crippen molar-refractivity contribution in [2.75, 3.05) is 0 Å². The van der Waals surface area contributed by atoms with Gasteiger partial charge in [-0.3, -0.25) is 15.0 Å². The van der Waals surface area contributed by atoms with Gasteiger partial charge < -0.3 is 9.97 Å². The number of nitrogens with one attached hydrogen (secondary N) is 2. The number of hydrogen-bond acceptors (Lipinski definition) is 3. The highest BCUT2D eigenvalue weighted by Crippen LogP contribution is 2.26. The van der Waals surface area contributed by atoms with Crippen LogP contribution in [0.3, 0.4) is 0 Å². The zero-order valence-corrected chi connectivity index (χ0v) is 20.9. The van der Waals surface area contributed by atoms with E-state index in [9.17, 15) is 0 Å². The molecule has 0 saturated carbocycles. The molecular formula is C29H35N5. The Balaban J connectivity index is 1.47. The number of aromatic amines is 2. The van der Waals surface area contributed by atoms with Gasteiger partial charge in [0.1, 0.15) is 0 Å². The minimum atomic E-state index is 0.237. The molecule has 5 heteroatoms. The van der Waals surface area contributed by atoms with Crippen LogP contribution in [0.25, 0.3) is 17.0 Å². The van der Waals surface area contributed by atoms with Crippen molar-refractivity contribution >= 4 is 23.7 Å². The fourth-order valence-electron chi connectivity index (χ4n) is 4.39. The summed E-state index contributed by atoms with van der Waals surface area (Å²) >= 11 is 0. The first-order valence-corrected chi connectivity index (χ1v) is 12.1. The molecule has 0 radical (unpaired) electrons. The smallest absolute Gasteiger partial charge is 0.0642 e. The summed E-state index contributed by atoms with van der Waals surface area (Å²) in [6.07, 6.45) is 9.80. The summed E-state index contributed by atoms with van der Waals surface area (Å²) in [6.45, 7) is 14.7. The summed E-state index contributed by atoms with van der Waals surface area (Å²) in [7, 11) is 0. The van der Waals surface area contributed by atoms with Gasteiger partial charge in [-0.15, -0.1) is 0 Å². The van der Waals surface area contributed by atoms with Gasteiger partial charge in [0.05, 0.1) is 11.7 Å². The average Bonchev–Trinajstić information content (AvgIpc) is 3.41. The molecular weight excluding hydrogens is 418 g/mol. The van der Waals surface area contributed by atoms with E-state index in [1.165, 1.54) is 22.2 Å². The third kappa shape index (κ3) is 5.36. The zero-order valence-electron chi connectivity index (χ0n) is 20.9. The minimum absolute atomic E-state index is 0.237. The van der Waals surface area contributed by atoms with Gasteiger partial charge in [0, 0.05) is 58.1 Å². The summed E-state index contributed by atoms with van der Waals surface area (Å²) in [4.78, 5) is 20.5. The van der Waals surface area contributed by atoms with Gasteiger partial charge in [-0.05, 0) is 73.9 Å². The van der Waals surface area contributed by atoms with Crippen molar-refractivity contribution in [3.05, 3.63) is 88.5 Å². The Morgan fingerprint density at radius 2 is 1.82 bits per heavy atom. The number of pyridine rings is 2. The molecule has 34 heavy (non-hydrogen) atoms. The molecule has 0 aliphatic heterocycles. The van der Waals surface area contributed by atoms with Crippen LogP contribution in [0.15, 0.2) is 59.6 Å². The van der Waals surface area contributed by atoms with Gasteiger partial charge in [0.2, 0.25) is 0 Å². The van der Waals surface area contributed by atoms with Crippen LogP contribution in [0.5, 0.6) is 0 Å². The highest BCUT2D eigenvalue weighted by Gasteiger charge is 2.14. The maximum atomic E-state index is 4.76. The van der Waals surface area contributed by atoms with Gasteiger partial charge >= 0.3 is 0 Å². The normalized spacial score (nSPS) is 14.0. The molecule has 4 aromatic rings. The fourth-order valence-corrected chi connectivity index (χ4v) is 4.39. The number of hydrogen-bond donors (Lipinski definition) is 2. The Hall–Kier alpha value is -3.47. The molecule has 4 heterocycles. The van der Waals surface area contributed by atoms with Gasteiger partial charge in [-0.2, -0.15) is 0 Å². The van der Waals surface area contributed by atoms with Gasteiger partial charge in [-0.25, -0.2) is 0 Å². The Morgan fingerprint density at radius 1 is 1.03 bits per heavy atom. The van der Waals surface area contributed by atoms with E-state index in [0.717, 1.165) is 41.1 Å². The minimum Gasteiger partial charge on any atom is -0.361 e. The molecule has 5 nitrogen and oxygen atoms in total. The summed E-state index contributed by atoms with van der Waals surface area (Å²) in [5.41, 5.74) is 9.01. The predicted octanol–water partition coefficient (Wildman–Crippen LogP) is 6.98. The highest BCUT2D eigenvalue weighted by molar-refractivity contribution is 5.80. The highest BCUT2D eigenvalue weighted by atomic mass is 14.8. The topological polar surface area (TPSA) is 69.7 Å². The van der Waals surface area contributed by atoms with Gasteiger partial charge in [0.25, 0.3) is 0 Å². The molecule has 0 amide bonds. The van der Waals surface area contributed by atoms with Crippen LogP contribution in [-0.4, -0.2) is 26.7 Å². The van der Waals surface area contributed by atoms with Crippen LogP contribution in [0.1, 0.15) is 73.4 Å². The Kier molecular flexibility index (Phi) is 7.11. The summed E-state index contributed by atoms with van der Waals surface area (Å²) in [6, 6.07) is 10.9. The number of H-pyrrole nitrogens is 2. The summed E-state index contributed by atoms with van der Waals surface area (Å²) < 4.78 is 0. The second-order valence-electron chi connectivity index (χ2n) is 9.75. The maximum Gasteiger partial charge on any atom is 0.0642 e. The van der Waals surface area contributed by atoms with Crippen molar-refractivity contribution < 1.29 is 0 Å². The quantitative estimate of drug-likeness (QED) is 0.268. The second-order valence-corrected chi connectivity index (χ2v) is 9.75. The van der Waals surface area contributed by atoms with Crippen molar-refractivity contribution in [2.24, 2.45) is 10.9 Å². The molecule has 0 bridgehead atoms. The SMILES string of the molecule is C=N/C(=C\c1[nH]ccc1C)C(C)Cc1cc2cc(C(C)Cc3ccc(C(C)C)nc3)ncc2[nH]1. The van der Waals surface area contributed by atoms with E-state index in [-0.39, 0.29) is 5.92 Å². The third-order valence-corrected chi connectivity index (χ3v) is 6.57. The number of rotatable bonds is 9. The van der Waals surface area contributed by atoms with E-state index in [1.807, 2.05) is 18.6 Å². The molecule has 0 fully saturated rings. The van der Waals surface area contributed by atoms with E-state index < -0.39 is 0 Å². The lowest BCUT2D eigenvalue weighted by molar-refractivity contribution is 0.666. The number of nitrogens with zero attached hydrogens (tertiary/aromatic N) is 3. The molecule has 2 N–H and O–H groups in total. The number of aromatic nitrogens is 4. The monoisotopic (exact) mass is 453 g/mol. The Bertz CT molecular complexity index is 1290. The molecule has 4 rings (SSSR count). The fraction of sp³-hybridized carbons (Fsp3) is 0.345. The van der Waals surface area contributed by atoms with Crippen molar-refractivity contribution in [3.63, 3.8) is 0 Å². The maximum absolute atomic E-state index is 4.76. The van der Waals surface area contributed by atoms with E-state index >= 15 is 0 Å². The first kappa shape index (κ1) is 23.7. The third-order valence-electron chi connectivity index (χ3n) is 6.57. The first-order valence-electron chi connectivity index (χ1n) is 12.1. The van der Waals surface area contributed by atoms with Crippen LogP contribution in [0.4, 0.5) is 0 Å². The van der Waals surface area contributed by atoms with Gasteiger partial charge in [-0.1, -0.05) is 33.8 Å². The Morgan fingerprint density at radius 3 is 2.47 bits per heavy atom. The van der Waals surface area contributed by atoms with Crippen LogP contribution in [-0.2, 0) is 12.8 Å². The average molecular weight is 454 g/mol. The van der Waals surface area contributed by atoms with E-state index in [2.05, 4.69) is 97.7 Å². The second kappa shape index (κ2) is 10.2. The van der Waals surface area contributed by atoms with E-state index in [0.29, 0.717) is 11.8 Å². The standard InChI is InChI=1S/C29H35N5/c1-18(2)25-8-7-22(16-32-25)11-20(4)27-14-23-13-24(34-29(23)17-33-27)12-21(5)26(30-6)15-28-19(3)9-10-31-28/h7-10,13-18,20-21,31,34H,6,11-12H2,1-5H3/b26-15-. The number of fused-ring (bicyclic) bond motifs is 1. The molecule has 0 aliphatic carbocycles. The molecule has 2 atom stereocenters. The number of aryl methyl sites for hydroxylation is 1. The lowest BCUT2D eigenvalue weighted by Gasteiger charge is -2.12. The summed E-state index contributed by atoms with van der Waals surface area (Å²) in [5.74, 6) is 1.00. The lowest BCUT2D eigenvalue weighted by Crippen LogP contribution is -2.02.